The minimum absolute atomic E-state index is 0.0348. The summed E-state index contributed by atoms with van der Waals surface area (Å²) in [5.41, 5.74) is 0.542. The first kappa shape index (κ1) is 12.8. The number of furan rings is 1. The zero-order valence-corrected chi connectivity index (χ0v) is 11.1. The average molecular weight is 289 g/mol. The van der Waals surface area contributed by atoms with Gasteiger partial charge >= 0.3 is 0 Å². The third-order valence-corrected chi connectivity index (χ3v) is 3.50. The summed E-state index contributed by atoms with van der Waals surface area (Å²) in [5.74, 6) is -1.76. The van der Waals surface area contributed by atoms with Crippen molar-refractivity contribution in [3.05, 3.63) is 53.0 Å². The summed E-state index contributed by atoms with van der Waals surface area (Å²) < 4.78 is 5.18. The van der Waals surface area contributed by atoms with Crippen LogP contribution in [0.2, 0.25) is 0 Å². The molecule has 2 aliphatic carbocycles. The zero-order valence-electron chi connectivity index (χ0n) is 10.3. The first-order chi connectivity index (χ1) is 9.59. The number of ketones is 3. The van der Waals surface area contributed by atoms with Crippen LogP contribution in [0.25, 0.3) is 5.03 Å². The Kier molecular flexibility index (Phi) is 3.03. The Bertz CT molecular complexity index is 731. The lowest BCUT2D eigenvalue weighted by Gasteiger charge is -2.08. The van der Waals surface area contributed by atoms with Gasteiger partial charge in [-0.05, 0) is 12.8 Å². The molecule has 3 rings (SSSR count). The van der Waals surface area contributed by atoms with E-state index in [1.54, 1.807) is 12.2 Å². The van der Waals surface area contributed by atoms with Crippen LogP contribution in [0.1, 0.15) is 39.3 Å². The number of carbonyl (C=O) groups excluding carboxylic acids is 3. The summed E-state index contributed by atoms with van der Waals surface area (Å²) in [6.07, 6.45) is 9.23. The molecule has 4 nitrogen and oxygen atoms in total. The quantitative estimate of drug-likeness (QED) is 0.619. The number of allylic oxidation sites excluding steroid dienone is 5. The van der Waals surface area contributed by atoms with Crippen LogP contribution < -0.4 is 0 Å². The highest BCUT2D eigenvalue weighted by atomic mass is 35.5. The number of fused-ring (bicyclic) bond motifs is 1. The first-order valence-electron chi connectivity index (χ1n) is 6.08. The highest BCUT2D eigenvalue weighted by Gasteiger charge is 2.34. The normalized spacial score (nSPS) is 17.6. The Morgan fingerprint density at radius 2 is 2.05 bits per heavy atom. The van der Waals surface area contributed by atoms with Crippen molar-refractivity contribution in [2.75, 3.05) is 0 Å². The fourth-order valence-corrected chi connectivity index (χ4v) is 2.47. The van der Waals surface area contributed by atoms with Gasteiger partial charge in [0.2, 0.25) is 11.6 Å². The van der Waals surface area contributed by atoms with Crippen molar-refractivity contribution in [3.8, 4) is 0 Å². The van der Waals surface area contributed by atoms with Crippen molar-refractivity contribution in [3.63, 3.8) is 0 Å². The lowest BCUT2D eigenvalue weighted by molar-refractivity contribution is -0.111. The molecule has 0 aromatic carbocycles. The molecule has 1 aromatic heterocycles. The van der Waals surface area contributed by atoms with Gasteiger partial charge in [0.05, 0.1) is 16.2 Å². The smallest absolute Gasteiger partial charge is 0.237 e. The summed E-state index contributed by atoms with van der Waals surface area (Å²) >= 11 is 5.87. The second kappa shape index (κ2) is 4.72. The van der Waals surface area contributed by atoms with E-state index >= 15 is 0 Å². The molecule has 2 aliphatic rings. The maximum atomic E-state index is 12.4. The summed E-state index contributed by atoms with van der Waals surface area (Å²) in [7, 11) is 0. The van der Waals surface area contributed by atoms with Crippen molar-refractivity contribution in [2.45, 2.75) is 12.8 Å². The summed E-state index contributed by atoms with van der Waals surface area (Å²) in [4.78, 5) is 35.8. The minimum Gasteiger partial charge on any atom is -0.462 e. The fourth-order valence-electron chi connectivity index (χ4n) is 2.23. The van der Waals surface area contributed by atoms with Gasteiger partial charge in [0.15, 0.2) is 11.5 Å². The van der Waals surface area contributed by atoms with Crippen LogP contribution in [0.15, 0.2) is 40.6 Å². The van der Waals surface area contributed by atoms with Crippen molar-refractivity contribution < 1.29 is 18.8 Å². The fraction of sp³-hybridized carbons (Fsp3) is 0.133. The summed E-state index contributed by atoms with van der Waals surface area (Å²) in [5, 5.41) is 0.0387. The molecular weight excluding hydrogens is 280 g/mol. The molecule has 0 radical (unpaired) electrons. The van der Waals surface area contributed by atoms with Gasteiger partial charge in [-0.2, -0.15) is 0 Å². The van der Waals surface area contributed by atoms with Gasteiger partial charge < -0.3 is 4.42 Å². The summed E-state index contributed by atoms with van der Waals surface area (Å²) in [6, 6.07) is 0. The van der Waals surface area contributed by atoms with Gasteiger partial charge in [-0.3, -0.25) is 14.4 Å². The molecule has 0 spiro atoms. The second-order valence-corrected chi connectivity index (χ2v) is 4.91. The van der Waals surface area contributed by atoms with Gasteiger partial charge in [0.1, 0.15) is 6.26 Å². The van der Waals surface area contributed by atoms with Crippen LogP contribution in [0.5, 0.6) is 0 Å². The Morgan fingerprint density at radius 1 is 1.25 bits per heavy atom. The predicted molar refractivity (Wildman–Crippen MR) is 72.7 cm³/mol. The Labute approximate surface area is 119 Å². The molecule has 0 bridgehead atoms. The molecule has 0 N–H and O–H groups in total. The highest BCUT2D eigenvalue weighted by Crippen LogP contribution is 2.33. The van der Waals surface area contributed by atoms with E-state index in [-0.39, 0.29) is 27.7 Å². The molecule has 20 heavy (non-hydrogen) atoms. The largest absolute Gasteiger partial charge is 0.462 e. The molecule has 1 heterocycles. The molecule has 1 aromatic rings. The van der Waals surface area contributed by atoms with Crippen LogP contribution in [0.4, 0.5) is 0 Å². The number of rotatable bonds is 2. The van der Waals surface area contributed by atoms with Crippen LogP contribution in [0, 0.1) is 0 Å². The van der Waals surface area contributed by atoms with Gasteiger partial charge in [-0.25, -0.2) is 0 Å². The SMILES string of the molecule is O=C1C=C(Cl)c2occ(C(=O)C3=CCCC=C3)c2C1=O. The maximum Gasteiger partial charge on any atom is 0.237 e. The Hall–Kier alpha value is -2.20. The van der Waals surface area contributed by atoms with Gasteiger partial charge in [-0.15, -0.1) is 0 Å². The highest BCUT2D eigenvalue weighted by molar-refractivity contribution is 6.60. The second-order valence-electron chi connectivity index (χ2n) is 4.51. The number of hydrogen-bond acceptors (Lipinski definition) is 4. The molecule has 0 aliphatic heterocycles. The lowest BCUT2D eigenvalue weighted by Crippen LogP contribution is -2.19. The standard InChI is InChI=1S/C15H9ClO4/c16-10-6-11(17)14(19)12-9(7-20-15(10)12)13(18)8-4-2-1-3-5-8/h2,4-7H,1,3H2. The lowest BCUT2D eigenvalue weighted by atomic mass is 9.92. The van der Waals surface area contributed by atoms with Crippen LogP contribution in [-0.4, -0.2) is 17.3 Å². The Balaban J connectivity index is 2.10. The van der Waals surface area contributed by atoms with E-state index in [4.69, 9.17) is 16.0 Å². The van der Waals surface area contributed by atoms with Crippen LogP contribution in [0.3, 0.4) is 0 Å². The molecular formula is C15H9ClO4. The number of hydrogen-bond donors (Lipinski definition) is 0. The maximum absolute atomic E-state index is 12.4. The molecule has 0 amide bonds. The molecule has 100 valence electrons. The Morgan fingerprint density at radius 3 is 2.75 bits per heavy atom. The first-order valence-corrected chi connectivity index (χ1v) is 6.46. The topological polar surface area (TPSA) is 64.3 Å². The van der Waals surface area contributed by atoms with Crippen molar-refractivity contribution >= 4 is 34.0 Å². The molecule has 5 heteroatoms. The zero-order chi connectivity index (χ0) is 14.3. The van der Waals surface area contributed by atoms with Gasteiger partial charge in [0, 0.05) is 11.6 Å². The third-order valence-electron chi connectivity index (χ3n) is 3.22. The minimum atomic E-state index is -0.762. The van der Waals surface area contributed by atoms with E-state index < -0.39 is 11.6 Å². The summed E-state index contributed by atoms with van der Waals surface area (Å²) in [6.45, 7) is 0. The van der Waals surface area contributed by atoms with E-state index in [1.165, 1.54) is 6.26 Å². The van der Waals surface area contributed by atoms with E-state index in [0.717, 1.165) is 18.9 Å². The number of halogens is 1. The average Bonchev–Trinajstić information content (AvgIpc) is 2.90. The van der Waals surface area contributed by atoms with Crippen LogP contribution >= 0.6 is 11.6 Å². The van der Waals surface area contributed by atoms with Gasteiger partial charge in [-0.1, -0.05) is 29.8 Å². The van der Waals surface area contributed by atoms with Crippen molar-refractivity contribution in [1.82, 2.24) is 0 Å². The van der Waals surface area contributed by atoms with Crippen molar-refractivity contribution in [1.29, 1.82) is 0 Å². The molecule has 0 unspecified atom stereocenters. The van der Waals surface area contributed by atoms with Gasteiger partial charge in [0.25, 0.3) is 0 Å². The number of carbonyl (C=O) groups is 3. The van der Waals surface area contributed by atoms with Crippen LogP contribution in [-0.2, 0) is 4.79 Å². The molecule has 0 fully saturated rings. The van der Waals surface area contributed by atoms with E-state index in [1.807, 2.05) is 6.08 Å². The van der Waals surface area contributed by atoms with E-state index in [9.17, 15) is 14.4 Å². The predicted octanol–water partition coefficient (Wildman–Crippen LogP) is 3.08. The molecule has 0 atom stereocenters. The molecule has 0 saturated heterocycles. The van der Waals surface area contributed by atoms with E-state index in [2.05, 4.69) is 0 Å². The third kappa shape index (κ3) is 1.89. The van der Waals surface area contributed by atoms with E-state index in [0.29, 0.717) is 5.57 Å². The monoisotopic (exact) mass is 288 g/mol. The van der Waals surface area contributed by atoms with Crippen molar-refractivity contribution in [2.24, 2.45) is 0 Å². The number of Topliss-reactive ketones (excluding diaryl/α,β-unsaturated/α-hetero) is 2. The molecule has 0 saturated carbocycles.